The third-order valence-electron chi connectivity index (χ3n) is 6.07. The van der Waals surface area contributed by atoms with Crippen LogP contribution in [-0.2, 0) is 0 Å². The first-order valence-electron chi connectivity index (χ1n) is 10.7. The fourth-order valence-corrected chi connectivity index (χ4v) is 6.29. The first-order chi connectivity index (χ1) is 15.0. The monoisotopic (exact) mass is 455 g/mol. The minimum atomic E-state index is -0.0733. The van der Waals surface area contributed by atoms with Crippen LogP contribution in [0.5, 0.6) is 0 Å². The number of thiophene rings is 1. The van der Waals surface area contributed by atoms with E-state index in [4.69, 9.17) is 9.40 Å². The molecule has 4 aromatic heterocycles. The number of hydrogen-bond donors (Lipinski definition) is 1. The van der Waals surface area contributed by atoms with Crippen molar-refractivity contribution in [2.75, 3.05) is 0 Å². The van der Waals surface area contributed by atoms with E-state index < -0.39 is 0 Å². The Morgan fingerprint density at radius 1 is 1.26 bits per heavy atom. The molecule has 1 atom stereocenters. The second-order valence-corrected chi connectivity index (χ2v) is 10.6. The van der Waals surface area contributed by atoms with Crippen molar-refractivity contribution in [2.45, 2.75) is 69.3 Å². The van der Waals surface area contributed by atoms with Crippen molar-refractivity contribution < 1.29 is 4.42 Å². The van der Waals surface area contributed by atoms with Crippen molar-refractivity contribution in [2.24, 2.45) is 0 Å². The number of nitrogens with one attached hydrogen (secondary N) is 1. The largest absolute Gasteiger partial charge is 0.461 e. The van der Waals surface area contributed by atoms with Crippen molar-refractivity contribution >= 4 is 33.3 Å². The number of aromatic nitrogens is 5. The van der Waals surface area contributed by atoms with Crippen molar-refractivity contribution in [3.8, 4) is 11.6 Å². The summed E-state index contributed by atoms with van der Waals surface area (Å²) in [5.74, 6) is 2.17. The summed E-state index contributed by atoms with van der Waals surface area (Å²) >= 11 is 3.16. The smallest absolute Gasteiger partial charge is 0.259 e. The predicted octanol–water partition coefficient (Wildman–Crippen LogP) is 5.81. The van der Waals surface area contributed by atoms with Crippen LogP contribution in [-0.4, -0.2) is 24.7 Å². The number of hydrogen-bond acceptors (Lipinski definition) is 7. The molecule has 31 heavy (non-hydrogen) atoms. The maximum absolute atomic E-state index is 12.7. The standard InChI is InChI=1S/C22H25N5O2S2/c1-12-13(2)30-21-17(12)20(28)23-18(24-21)14(3)31-22-26-25-19(16-10-7-11-29-16)27(22)15-8-5-4-6-9-15/h7,10-11,14-15H,4-6,8-9H2,1-3H3,(H,23,24,28)/t14-/m1/s1. The number of fused-ring (bicyclic) bond motifs is 1. The number of H-pyrrole nitrogens is 1. The normalized spacial score (nSPS) is 16.2. The molecule has 0 radical (unpaired) electrons. The average Bonchev–Trinajstić information content (AvgIpc) is 3.48. The van der Waals surface area contributed by atoms with E-state index in [0.717, 1.165) is 44.9 Å². The van der Waals surface area contributed by atoms with Crippen LogP contribution in [0.4, 0.5) is 0 Å². The van der Waals surface area contributed by atoms with Gasteiger partial charge in [0.2, 0.25) is 5.82 Å². The van der Waals surface area contributed by atoms with Gasteiger partial charge in [-0.3, -0.25) is 9.36 Å². The molecular formula is C22H25N5O2S2. The van der Waals surface area contributed by atoms with Gasteiger partial charge in [-0.2, -0.15) is 0 Å². The van der Waals surface area contributed by atoms with Gasteiger partial charge >= 0.3 is 0 Å². The fraction of sp³-hybridized carbons (Fsp3) is 0.455. The van der Waals surface area contributed by atoms with Gasteiger partial charge in [0.15, 0.2) is 10.9 Å². The molecule has 0 unspecified atom stereocenters. The Balaban J connectivity index is 1.51. The Bertz CT molecular complexity index is 1270. The van der Waals surface area contributed by atoms with E-state index in [1.807, 2.05) is 26.0 Å². The van der Waals surface area contributed by atoms with Gasteiger partial charge in [-0.15, -0.1) is 21.5 Å². The molecule has 162 valence electrons. The van der Waals surface area contributed by atoms with E-state index in [2.05, 4.69) is 26.7 Å². The molecule has 7 nitrogen and oxygen atoms in total. The molecule has 0 bridgehead atoms. The van der Waals surface area contributed by atoms with Crippen LogP contribution in [0.25, 0.3) is 21.8 Å². The number of furan rings is 1. The van der Waals surface area contributed by atoms with Crippen molar-refractivity contribution in [1.29, 1.82) is 0 Å². The van der Waals surface area contributed by atoms with Crippen LogP contribution in [0.2, 0.25) is 0 Å². The van der Waals surface area contributed by atoms with Gasteiger partial charge in [-0.1, -0.05) is 31.0 Å². The zero-order valence-electron chi connectivity index (χ0n) is 17.8. The summed E-state index contributed by atoms with van der Waals surface area (Å²) in [5, 5.41) is 10.5. The van der Waals surface area contributed by atoms with Crippen molar-refractivity contribution in [3.63, 3.8) is 0 Å². The molecular weight excluding hydrogens is 430 g/mol. The maximum atomic E-state index is 12.7. The highest BCUT2D eigenvalue weighted by Gasteiger charge is 2.27. The second-order valence-electron chi connectivity index (χ2n) is 8.12. The summed E-state index contributed by atoms with van der Waals surface area (Å²) in [6.45, 7) is 6.06. The average molecular weight is 456 g/mol. The number of aryl methyl sites for hydroxylation is 2. The summed E-state index contributed by atoms with van der Waals surface area (Å²) < 4.78 is 7.87. The molecule has 0 spiro atoms. The zero-order valence-corrected chi connectivity index (χ0v) is 19.5. The molecule has 1 N–H and O–H groups in total. The summed E-state index contributed by atoms with van der Waals surface area (Å²) in [4.78, 5) is 22.4. The minimum Gasteiger partial charge on any atom is -0.461 e. The SMILES string of the molecule is Cc1sc2nc([C@@H](C)Sc3nnc(-c4ccco4)n3C3CCCCC3)[nH]c(=O)c2c1C. The summed E-state index contributed by atoms with van der Waals surface area (Å²) in [6, 6.07) is 4.16. The Morgan fingerprint density at radius 2 is 2.06 bits per heavy atom. The summed E-state index contributed by atoms with van der Waals surface area (Å²) in [5.41, 5.74) is 0.944. The van der Waals surface area contributed by atoms with E-state index in [1.165, 1.54) is 19.3 Å². The van der Waals surface area contributed by atoms with Crippen molar-refractivity contribution in [3.05, 3.63) is 45.0 Å². The molecule has 4 heterocycles. The quantitative estimate of drug-likeness (QED) is 0.382. The van der Waals surface area contributed by atoms with E-state index >= 15 is 0 Å². The lowest BCUT2D eigenvalue weighted by Gasteiger charge is -2.25. The van der Waals surface area contributed by atoms with Gasteiger partial charge in [0, 0.05) is 10.9 Å². The Morgan fingerprint density at radius 3 is 2.81 bits per heavy atom. The fourth-order valence-electron chi connectivity index (χ4n) is 4.28. The molecule has 0 aliphatic heterocycles. The Kier molecular flexibility index (Phi) is 5.47. The highest BCUT2D eigenvalue weighted by Crippen LogP contribution is 2.40. The van der Waals surface area contributed by atoms with Gasteiger partial charge in [-0.25, -0.2) is 4.98 Å². The van der Waals surface area contributed by atoms with Gasteiger partial charge in [-0.05, 0) is 51.3 Å². The maximum Gasteiger partial charge on any atom is 0.259 e. The van der Waals surface area contributed by atoms with Crippen LogP contribution in [0.1, 0.15) is 66.6 Å². The summed E-state index contributed by atoms with van der Waals surface area (Å²) in [6.07, 6.45) is 7.59. The highest BCUT2D eigenvalue weighted by molar-refractivity contribution is 7.99. The van der Waals surface area contributed by atoms with Gasteiger partial charge in [0.1, 0.15) is 10.7 Å². The van der Waals surface area contributed by atoms with Gasteiger partial charge < -0.3 is 9.40 Å². The molecule has 1 saturated carbocycles. The van der Waals surface area contributed by atoms with Crippen LogP contribution < -0.4 is 5.56 Å². The number of nitrogens with zero attached hydrogens (tertiary/aromatic N) is 4. The zero-order chi connectivity index (χ0) is 21.5. The molecule has 1 fully saturated rings. The van der Waals surface area contributed by atoms with Crippen LogP contribution in [0.3, 0.4) is 0 Å². The molecule has 0 amide bonds. The molecule has 0 saturated heterocycles. The lowest BCUT2D eigenvalue weighted by molar-refractivity contribution is 0.337. The molecule has 5 rings (SSSR count). The third kappa shape index (κ3) is 3.74. The molecule has 1 aliphatic carbocycles. The Labute approximate surface area is 188 Å². The highest BCUT2D eigenvalue weighted by atomic mass is 32.2. The Hall–Kier alpha value is -2.39. The van der Waals surface area contributed by atoms with Gasteiger partial charge in [0.05, 0.1) is 16.9 Å². The molecule has 1 aliphatic rings. The summed E-state index contributed by atoms with van der Waals surface area (Å²) in [7, 11) is 0. The van der Waals surface area contributed by atoms with E-state index in [0.29, 0.717) is 17.3 Å². The lowest BCUT2D eigenvalue weighted by Crippen LogP contribution is -2.16. The predicted molar refractivity (Wildman–Crippen MR) is 124 cm³/mol. The lowest BCUT2D eigenvalue weighted by atomic mass is 9.95. The first-order valence-corrected chi connectivity index (χ1v) is 12.4. The van der Waals surface area contributed by atoms with Crippen LogP contribution >= 0.6 is 23.1 Å². The number of thioether (sulfide) groups is 1. The number of rotatable bonds is 5. The van der Waals surface area contributed by atoms with E-state index in [9.17, 15) is 4.79 Å². The topological polar surface area (TPSA) is 89.6 Å². The van der Waals surface area contributed by atoms with E-state index in [-0.39, 0.29) is 10.8 Å². The van der Waals surface area contributed by atoms with E-state index in [1.54, 1.807) is 29.4 Å². The number of aromatic amines is 1. The molecule has 4 aromatic rings. The van der Waals surface area contributed by atoms with Crippen LogP contribution in [0.15, 0.2) is 32.8 Å². The third-order valence-corrected chi connectivity index (χ3v) is 8.24. The first kappa shape index (κ1) is 20.5. The van der Waals surface area contributed by atoms with Crippen molar-refractivity contribution in [1.82, 2.24) is 24.7 Å². The van der Waals surface area contributed by atoms with Gasteiger partial charge in [0.25, 0.3) is 5.56 Å². The minimum absolute atomic E-state index is 0.0701. The van der Waals surface area contributed by atoms with Crippen LogP contribution in [0, 0.1) is 13.8 Å². The second kappa shape index (κ2) is 8.27. The molecule has 0 aromatic carbocycles. The molecule has 9 heteroatoms.